The Morgan fingerprint density at radius 1 is 0.857 bits per heavy atom. The molecule has 0 fully saturated rings. The van der Waals surface area contributed by atoms with Crippen molar-refractivity contribution in [3.63, 3.8) is 0 Å². The van der Waals surface area contributed by atoms with Gasteiger partial charge in [-0.2, -0.15) is 4.21 Å². The molecule has 0 rings (SSSR count). The highest BCUT2D eigenvalue weighted by molar-refractivity contribution is 7.75. The van der Waals surface area contributed by atoms with Crippen molar-refractivity contribution < 1.29 is 12.6 Å². The summed E-state index contributed by atoms with van der Waals surface area (Å²) in [6.07, 6.45) is 3.57. The largest absolute Gasteiger partial charge is 0.305 e. The second-order valence-electron chi connectivity index (χ2n) is 3.27. The smallest absolute Gasteiger partial charge is 0.265 e. The average molecular weight is 222 g/mol. The fourth-order valence-electron chi connectivity index (χ4n) is 1.09. The first-order valence-corrected chi connectivity index (χ1v) is 6.43. The Kier molecular flexibility index (Phi) is 8.43. The van der Waals surface area contributed by atoms with E-state index in [-0.39, 0.29) is 12.2 Å². The van der Waals surface area contributed by atoms with E-state index < -0.39 is 11.4 Å². The van der Waals surface area contributed by atoms with Crippen molar-refractivity contribution in [3.8, 4) is 0 Å². The monoisotopic (exact) mass is 222 g/mol. The molecule has 0 atom stereocenters. The van der Waals surface area contributed by atoms with Crippen molar-refractivity contribution >= 4 is 11.4 Å². The molecule has 0 aliphatic heterocycles. The van der Waals surface area contributed by atoms with E-state index in [1.165, 1.54) is 0 Å². The molecule has 14 heavy (non-hydrogen) atoms. The molecule has 0 aromatic carbocycles. The van der Waals surface area contributed by atoms with Gasteiger partial charge in [0.25, 0.3) is 0 Å². The van der Waals surface area contributed by atoms with Crippen LogP contribution in [0.1, 0.15) is 53.4 Å². The lowest BCUT2D eigenvalue weighted by Crippen LogP contribution is -2.19. The first kappa shape index (κ1) is 14.1. The van der Waals surface area contributed by atoms with Gasteiger partial charge in [-0.3, -0.25) is 8.37 Å². The van der Waals surface area contributed by atoms with Crippen LogP contribution in [-0.4, -0.2) is 16.4 Å². The molecule has 0 heterocycles. The lowest BCUT2D eigenvalue weighted by molar-refractivity contribution is 0.138. The summed E-state index contributed by atoms with van der Waals surface area (Å²) in [5, 5.41) is 0. The van der Waals surface area contributed by atoms with Crippen molar-refractivity contribution in [1.29, 1.82) is 0 Å². The normalized spacial score (nSPS) is 11.9. The highest BCUT2D eigenvalue weighted by Crippen LogP contribution is 2.10. The third-order valence-corrected chi connectivity index (χ3v) is 3.11. The van der Waals surface area contributed by atoms with Gasteiger partial charge in [0.1, 0.15) is 0 Å². The van der Waals surface area contributed by atoms with Crippen LogP contribution in [0.15, 0.2) is 0 Å². The molecule has 0 saturated carbocycles. The molecule has 4 heteroatoms. The highest BCUT2D eigenvalue weighted by atomic mass is 32.2. The molecule has 0 aromatic heterocycles. The van der Waals surface area contributed by atoms with E-state index in [9.17, 15) is 4.21 Å². The van der Waals surface area contributed by atoms with Gasteiger partial charge in [-0.05, 0) is 25.7 Å². The predicted octanol–water partition coefficient (Wildman–Crippen LogP) is 2.98. The van der Waals surface area contributed by atoms with Crippen molar-refractivity contribution in [1.82, 2.24) is 0 Å². The third kappa shape index (κ3) is 5.73. The Labute approximate surface area is 90.0 Å². The minimum atomic E-state index is -1.58. The highest BCUT2D eigenvalue weighted by Gasteiger charge is 2.13. The molecule has 0 unspecified atom stereocenters. The van der Waals surface area contributed by atoms with Gasteiger partial charge >= 0.3 is 11.4 Å². The van der Waals surface area contributed by atoms with Gasteiger partial charge in [-0.25, -0.2) is 0 Å². The average Bonchev–Trinajstić information content (AvgIpc) is 2.22. The topological polar surface area (TPSA) is 35.5 Å². The summed E-state index contributed by atoms with van der Waals surface area (Å²) < 4.78 is 21.8. The van der Waals surface area contributed by atoms with E-state index in [0.717, 1.165) is 25.7 Å². The second kappa shape index (κ2) is 8.38. The maximum atomic E-state index is 11.4. The summed E-state index contributed by atoms with van der Waals surface area (Å²) in [5.74, 6) is 0. The Bertz CT molecular complexity index is 137. The van der Waals surface area contributed by atoms with Gasteiger partial charge in [-0.1, -0.05) is 27.7 Å². The SMILES string of the molecule is CCC(CC)OS(=O)OC(CC)CC. The minimum Gasteiger partial charge on any atom is -0.265 e. The van der Waals surface area contributed by atoms with Crippen molar-refractivity contribution in [2.45, 2.75) is 65.6 Å². The molecule has 3 nitrogen and oxygen atoms in total. The van der Waals surface area contributed by atoms with Crippen LogP contribution < -0.4 is 0 Å². The van der Waals surface area contributed by atoms with Crippen LogP contribution in [0.25, 0.3) is 0 Å². The summed E-state index contributed by atoms with van der Waals surface area (Å²) in [5.41, 5.74) is 0. The van der Waals surface area contributed by atoms with E-state index in [2.05, 4.69) is 0 Å². The van der Waals surface area contributed by atoms with Crippen molar-refractivity contribution in [3.05, 3.63) is 0 Å². The Morgan fingerprint density at radius 2 is 1.14 bits per heavy atom. The third-order valence-electron chi connectivity index (χ3n) is 2.25. The molecule has 0 N–H and O–H groups in total. The van der Waals surface area contributed by atoms with Gasteiger partial charge in [0.2, 0.25) is 0 Å². The Morgan fingerprint density at radius 3 is 1.36 bits per heavy atom. The van der Waals surface area contributed by atoms with E-state index in [1.54, 1.807) is 0 Å². The maximum absolute atomic E-state index is 11.4. The minimum absolute atomic E-state index is 0.0465. The molecular formula is C10H22O3S. The molecule has 0 amide bonds. The summed E-state index contributed by atoms with van der Waals surface area (Å²) in [6, 6.07) is 0. The molecule has 0 radical (unpaired) electrons. The predicted molar refractivity (Wildman–Crippen MR) is 59.1 cm³/mol. The van der Waals surface area contributed by atoms with Crippen LogP contribution in [0.2, 0.25) is 0 Å². The molecule has 0 aromatic rings. The summed E-state index contributed by atoms with van der Waals surface area (Å²) in [7, 11) is 0. The zero-order chi connectivity index (χ0) is 11.0. The molecule has 0 spiro atoms. The fraction of sp³-hybridized carbons (Fsp3) is 1.00. The van der Waals surface area contributed by atoms with Crippen molar-refractivity contribution in [2.75, 3.05) is 0 Å². The Balaban J connectivity index is 3.83. The number of hydrogen-bond acceptors (Lipinski definition) is 3. The maximum Gasteiger partial charge on any atom is 0.305 e. The standard InChI is InChI=1S/C10H22O3S/c1-5-9(6-2)12-14(11)13-10(7-3)8-4/h9-10H,5-8H2,1-4H3. The molecule has 0 saturated heterocycles. The van der Waals surface area contributed by atoms with Crippen LogP contribution in [-0.2, 0) is 19.7 Å². The summed E-state index contributed by atoms with van der Waals surface area (Å²) >= 11 is -1.58. The van der Waals surface area contributed by atoms with Gasteiger partial charge < -0.3 is 0 Å². The van der Waals surface area contributed by atoms with Crippen LogP contribution in [0.4, 0.5) is 0 Å². The zero-order valence-corrected chi connectivity index (χ0v) is 10.4. The number of rotatable bonds is 8. The van der Waals surface area contributed by atoms with Gasteiger partial charge in [-0.15, -0.1) is 0 Å². The molecular weight excluding hydrogens is 200 g/mol. The van der Waals surface area contributed by atoms with E-state index in [1.807, 2.05) is 27.7 Å². The van der Waals surface area contributed by atoms with Gasteiger partial charge in [0, 0.05) is 0 Å². The second-order valence-corrected chi connectivity index (χ2v) is 4.07. The molecule has 0 aliphatic carbocycles. The fourth-order valence-corrected chi connectivity index (χ4v) is 2.13. The Hall–Kier alpha value is 0.0700. The van der Waals surface area contributed by atoms with Gasteiger partial charge in [0.15, 0.2) is 0 Å². The summed E-state index contributed by atoms with van der Waals surface area (Å²) in [4.78, 5) is 0. The molecule has 86 valence electrons. The molecule has 0 aliphatic rings. The lowest BCUT2D eigenvalue weighted by atomic mass is 10.2. The molecule has 0 bridgehead atoms. The first-order valence-electron chi connectivity index (χ1n) is 5.43. The summed E-state index contributed by atoms with van der Waals surface area (Å²) in [6.45, 7) is 8.07. The number of hydrogen-bond donors (Lipinski definition) is 0. The van der Waals surface area contributed by atoms with Crippen molar-refractivity contribution in [2.24, 2.45) is 0 Å². The van der Waals surface area contributed by atoms with E-state index in [4.69, 9.17) is 8.37 Å². The van der Waals surface area contributed by atoms with Gasteiger partial charge in [0.05, 0.1) is 12.2 Å². The quantitative estimate of drug-likeness (QED) is 0.633. The van der Waals surface area contributed by atoms with E-state index in [0.29, 0.717) is 0 Å². The first-order chi connectivity index (χ1) is 6.67. The van der Waals surface area contributed by atoms with Crippen LogP contribution in [0.3, 0.4) is 0 Å². The van der Waals surface area contributed by atoms with Crippen LogP contribution in [0.5, 0.6) is 0 Å². The van der Waals surface area contributed by atoms with Crippen LogP contribution in [0, 0.1) is 0 Å². The van der Waals surface area contributed by atoms with E-state index >= 15 is 0 Å². The van der Waals surface area contributed by atoms with Crippen LogP contribution >= 0.6 is 0 Å². The lowest BCUT2D eigenvalue weighted by Gasteiger charge is -2.15. The zero-order valence-electron chi connectivity index (χ0n) is 9.62.